The summed E-state index contributed by atoms with van der Waals surface area (Å²) in [5.41, 5.74) is 1.18. The molecule has 0 amide bonds. The predicted octanol–water partition coefficient (Wildman–Crippen LogP) is 1.75. The monoisotopic (exact) mass is 231 g/mol. The molecule has 0 saturated heterocycles. The van der Waals surface area contributed by atoms with Gasteiger partial charge >= 0.3 is 0 Å². The first-order chi connectivity index (χ1) is 8.40. The Morgan fingerprint density at radius 2 is 2.24 bits per heavy atom. The Morgan fingerprint density at radius 3 is 3.00 bits per heavy atom. The normalized spacial score (nSPS) is 10.4. The number of imidazole rings is 1. The first-order valence-electron chi connectivity index (χ1n) is 5.71. The van der Waals surface area contributed by atoms with Gasteiger partial charge in [-0.05, 0) is 6.07 Å². The van der Waals surface area contributed by atoms with Gasteiger partial charge in [-0.1, -0.05) is 18.2 Å². The second-order valence-electron chi connectivity index (χ2n) is 3.77. The zero-order chi connectivity index (χ0) is 11.9. The minimum atomic E-state index is 0.810. The molecule has 0 bridgehead atoms. The lowest BCUT2D eigenvalue weighted by molar-refractivity contribution is 0.408. The Balaban J connectivity index is 1.78. The molecule has 2 aromatic rings. The van der Waals surface area contributed by atoms with Crippen LogP contribution >= 0.6 is 0 Å². The van der Waals surface area contributed by atoms with Gasteiger partial charge in [0.15, 0.2) is 0 Å². The SMILES string of the molecule is COc1ccccc1CNCCc1ncc[nH]1. The molecule has 0 radical (unpaired) electrons. The molecule has 2 N–H and O–H groups in total. The molecule has 0 fully saturated rings. The lowest BCUT2D eigenvalue weighted by atomic mass is 10.2. The first kappa shape index (κ1) is 11.7. The maximum atomic E-state index is 5.29. The third-order valence-electron chi connectivity index (χ3n) is 2.60. The highest BCUT2D eigenvalue weighted by atomic mass is 16.5. The van der Waals surface area contributed by atoms with Crippen molar-refractivity contribution in [3.05, 3.63) is 48.0 Å². The van der Waals surface area contributed by atoms with Crippen molar-refractivity contribution < 1.29 is 4.74 Å². The summed E-state index contributed by atoms with van der Waals surface area (Å²) in [6.45, 7) is 1.70. The maximum Gasteiger partial charge on any atom is 0.123 e. The maximum absolute atomic E-state index is 5.29. The molecule has 0 spiro atoms. The van der Waals surface area contributed by atoms with Crippen molar-refractivity contribution >= 4 is 0 Å². The molecule has 17 heavy (non-hydrogen) atoms. The number of benzene rings is 1. The fourth-order valence-electron chi connectivity index (χ4n) is 1.71. The Hall–Kier alpha value is -1.81. The van der Waals surface area contributed by atoms with Gasteiger partial charge in [-0.25, -0.2) is 4.98 Å². The van der Waals surface area contributed by atoms with Crippen LogP contribution < -0.4 is 10.1 Å². The van der Waals surface area contributed by atoms with Gasteiger partial charge in [0.2, 0.25) is 0 Å². The standard InChI is InChI=1S/C13H17N3O/c1-17-12-5-3-2-4-11(12)10-14-7-6-13-15-8-9-16-13/h2-5,8-9,14H,6-7,10H2,1H3,(H,15,16). The van der Waals surface area contributed by atoms with Gasteiger partial charge in [-0.3, -0.25) is 0 Å². The number of rotatable bonds is 6. The Kier molecular flexibility index (Phi) is 4.16. The second-order valence-corrected chi connectivity index (χ2v) is 3.77. The van der Waals surface area contributed by atoms with Gasteiger partial charge in [-0.2, -0.15) is 0 Å². The highest BCUT2D eigenvalue weighted by Crippen LogP contribution is 2.16. The van der Waals surface area contributed by atoms with Gasteiger partial charge < -0.3 is 15.0 Å². The molecule has 4 heteroatoms. The van der Waals surface area contributed by atoms with Crippen molar-refractivity contribution in [2.45, 2.75) is 13.0 Å². The van der Waals surface area contributed by atoms with Gasteiger partial charge in [0.25, 0.3) is 0 Å². The van der Waals surface area contributed by atoms with Crippen LogP contribution in [0.1, 0.15) is 11.4 Å². The summed E-state index contributed by atoms with van der Waals surface area (Å²) < 4.78 is 5.29. The van der Waals surface area contributed by atoms with E-state index in [0.29, 0.717) is 0 Å². The lowest BCUT2D eigenvalue weighted by Gasteiger charge is -2.08. The molecular formula is C13H17N3O. The van der Waals surface area contributed by atoms with Crippen LogP contribution in [0.25, 0.3) is 0 Å². The number of para-hydroxylation sites is 1. The van der Waals surface area contributed by atoms with Crippen LogP contribution in [0, 0.1) is 0 Å². The average Bonchev–Trinajstić information content (AvgIpc) is 2.88. The number of hydrogen-bond donors (Lipinski definition) is 2. The van der Waals surface area contributed by atoms with E-state index in [2.05, 4.69) is 21.4 Å². The molecule has 0 aliphatic heterocycles. The Morgan fingerprint density at radius 1 is 1.35 bits per heavy atom. The van der Waals surface area contributed by atoms with E-state index < -0.39 is 0 Å². The third kappa shape index (κ3) is 3.32. The predicted molar refractivity (Wildman–Crippen MR) is 67.0 cm³/mol. The Labute approximate surface area is 101 Å². The molecule has 0 aliphatic carbocycles. The third-order valence-corrected chi connectivity index (χ3v) is 2.60. The van der Waals surface area contributed by atoms with E-state index in [4.69, 9.17) is 4.74 Å². The van der Waals surface area contributed by atoms with Crippen LogP contribution in [0.5, 0.6) is 5.75 Å². The summed E-state index contributed by atoms with van der Waals surface area (Å²) in [5, 5.41) is 3.37. The smallest absolute Gasteiger partial charge is 0.123 e. The summed E-state index contributed by atoms with van der Waals surface area (Å²) in [4.78, 5) is 7.26. The van der Waals surface area contributed by atoms with Gasteiger partial charge in [0, 0.05) is 37.5 Å². The van der Waals surface area contributed by atoms with Crippen LogP contribution in [0.15, 0.2) is 36.7 Å². The van der Waals surface area contributed by atoms with Crippen molar-refractivity contribution in [1.29, 1.82) is 0 Å². The summed E-state index contributed by atoms with van der Waals surface area (Å²) in [6.07, 6.45) is 4.52. The van der Waals surface area contributed by atoms with Gasteiger partial charge in [0.05, 0.1) is 7.11 Å². The van der Waals surface area contributed by atoms with Crippen LogP contribution in [-0.4, -0.2) is 23.6 Å². The van der Waals surface area contributed by atoms with Crippen LogP contribution in [0.2, 0.25) is 0 Å². The molecule has 0 saturated carbocycles. The molecule has 2 rings (SSSR count). The zero-order valence-corrected chi connectivity index (χ0v) is 9.94. The molecule has 0 unspecified atom stereocenters. The summed E-state index contributed by atoms with van der Waals surface area (Å²) in [5.74, 6) is 1.94. The average molecular weight is 231 g/mol. The number of H-pyrrole nitrogens is 1. The minimum absolute atomic E-state index is 0.810. The van der Waals surface area contributed by atoms with E-state index in [1.807, 2.05) is 24.4 Å². The van der Waals surface area contributed by atoms with Gasteiger partial charge in [0.1, 0.15) is 11.6 Å². The molecule has 1 aromatic heterocycles. The number of hydrogen-bond acceptors (Lipinski definition) is 3. The number of aromatic amines is 1. The van der Waals surface area contributed by atoms with E-state index in [1.165, 1.54) is 5.56 Å². The zero-order valence-electron chi connectivity index (χ0n) is 9.94. The van der Waals surface area contributed by atoms with Crippen molar-refractivity contribution in [3.63, 3.8) is 0 Å². The molecule has 1 heterocycles. The molecule has 1 aromatic carbocycles. The van der Waals surface area contributed by atoms with Crippen LogP contribution in [0.3, 0.4) is 0 Å². The van der Waals surface area contributed by atoms with Crippen molar-refractivity contribution in [2.75, 3.05) is 13.7 Å². The molecular weight excluding hydrogens is 214 g/mol. The van der Waals surface area contributed by atoms with Crippen molar-refractivity contribution in [2.24, 2.45) is 0 Å². The molecule has 0 atom stereocenters. The van der Waals surface area contributed by atoms with E-state index in [0.717, 1.165) is 31.1 Å². The fraction of sp³-hybridized carbons (Fsp3) is 0.308. The molecule has 0 aliphatic rings. The highest BCUT2D eigenvalue weighted by Gasteiger charge is 2.00. The number of nitrogens with one attached hydrogen (secondary N) is 2. The number of ether oxygens (including phenoxy) is 1. The fourth-order valence-corrected chi connectivity index (χ4v) is 1.71. The first-order valence-corrected chi connectivity index (χ1v) is 5.71. The topological polar surface area (TPSA) is 49.9 Å². The van der Waals surface area contributed by atoms with Crippen LogP contribution in [-0.2, 0) is 13.0 Å². The largest absolute Gasteiger partial charge is 0.496 e. The van der Waals surface area contributed by atoms with E-state index in [-0.39, 0.29) is 0 Å². The second kappa shape index (κ2) is 6.06. The van der Waals surface area contributed by atoms with E-state index in [9.17, 15) is 0 Å². The summed E-state index contributed by atoms with van der Waals surface area (Å²) in [6, 6.07) is 8.04. The molecule has 90 valence electrons. The van der Waals surface area contributed by atoms with Crippen LogP contribution in [0.4, 0.5) is 0 Å². The van der Waals surface area contributed by atoms with E-state index >= 15 is 0 Å². The lowest BCUT2D eigenvalue weighted by Crippen LogP contribution is -2.17. The minimum Gasteiger partial charge on any atom is -0.496 e. The van der Waals surface area contributed by atoms with Gasteiger partial charge in [-0.15, -0.1) is 0 Å². The molecule has 4 nitrogen and oxygen atoms in total. The van der Waals surface area contributed by atoms with E-state index in [1.54, 1.807) is 13.3 Å². The van der Waals surface area contributed by atoms with Crippen molar-refractivity contribution in [3.8, 4) is 5.75 Å². The quantitative estimate of drug-likeness (QED) is 0.745. The number of aromatic nitrogens is 2. The highest BCUT2D eigenvalue weighted by molar-refractivity contribution is 5.32. The van der Waals surface area contributed by atoms with Crippen molar-refractivity contribution in [1.82, 2.24) is 15.3 Å². The summed E-state index contributed by atoms with van der Waals surface area (Å²) >= 11 is 0. The summed E-state index contributed by atoms with van der Waals surface area (Å²) in [7, 11) is 1.70. The Bertz CT molecular complexity index is 440. The number of methoxy groups -OCH3 is 1. The number of nitrogens with zero attached hydrogens (tertiary/aromatic N) is 1.